The molecule has 0 spiro atoms. The fraction of sp³-hybridized carbons (Fsp3) is 0.417. The van der Waals surface area contributed by atoms with Gasteiger partial charge in [0.1, 0.15) is 0 Å². The van der Waals surface area contributed by atoms with Crippen LogP contribution in [-0.2, 0) is 17.1 Å². The molecule has 0 aliphatic carbocycles. The van der Waals surface area contributed by atoms with Crippen LogP contribution in [0.4, 0.5) is 8.78 Å². The summed E-state index contributed by atoms with van der Waals surface area (Å²) in [5, 5.41) is 8.71. The molecule has 0 aliphatic rings. The van der Waals surface area contributed by atoms with E-state index < -0.39 is 17.8 Å². The van der Waals surface area contributed by atoms with Crippen molar-refractivity contribution < 1.29 is 18.7 Å². The van der Waals surface area contributed by atoms with Crippen molar-refractivity contribution in [1.82, 2.24) is 0 Å². The van der Waals surface area contributed by atoms with Crippen molar-refractivity contribution in [3.05, 3.63) is 35.4 Å². The summed E-state index contributed by atoms with van der Waals surface area (Å²) in [6, 6.07) is 5.77. The Morgan fingerprint density at radius 1 is 1.38 bits per heavy atom. The van der Waals surface area contributed by atoms with Crippen molar-refractivity contribution in [3.63, 3.8) is 0 Å². The van der Waals surface area contributed by atoms with Crippen LogP contribution in [0.5, 0.6) is 0 Å². The number of hydrogen-bond donors (Lipinski definition) is 1. The molecular weight excluding hydrogens is 214 g/mol. The van der Waals surface area contributed by atoms with E-state index in [1.54, 1.807) is 19.1 Å². The van der Waals surface area contributed by atoms with Crippen molar-refractivity contribution in [1.29, 1.82) is 0 Å². The fourth-order valence-electron chi connectivity index (χ4n) is 1.37. The molecule has 0 aromatic heterocycles. The second-order valence-electron chi connectivity index (χ2n) is 4.03. The number of aliphatic carboxylic acids is 1. The van der Waals surface area contributed by atoms with Gasteiger partial charge < -0.3 is 5.11 Å². The van der Waals surface area contributed by atoms with Crippen LogP contribution in [0.2, 0.25) is 0 Å². The molecule has 1 N–H and O–H groups in total. The molecule has 0 unspecified atom stereocenters. The number of hydrogen-bond acceptors (Lipinski definition) is 1. The van der Waals surface area contributed by atoms with Crippen LogP contribution in [0.3, 0.4) is 0 Å². The normalized spacial score (nSPS) is 13.5. The molecule has 0 fully saturated rings. The van der Waals surface area contributed by atoms with Gasteiger partial charge in [-0.1, -0.05) is 31.2 Å². The monoisotopic (exact) mass is 228 g/mol. The van der Waals surface area contributed by atoms with E-state index in [0.717, 1.165) is 12.5 Å². The van der Waals surface area contributed by atoms with E-state index in [-0.39, 0.29) is 5.56 Å². The van der Waals surface area contributed by atoms with Gasteiger partial charge in [0, 0.05) is 12.5 Å². The van der Waals surface area contributed by atoms with Crippen molar-refractivity contribution in [3.8, 4) is 0 Å². The Bertz CT molecular complexity index is 366. The lowest BCUT2D eigenvalue weighted by molar-refractivity contribution is -0.141. The third-order valence-electron chi connectivity index (χ3n) is 2.42. The van der Waals surface area contributed by atoms with E-state index >= 15 is 0 Å². The molecule has 0 radical (unpaired) electrons. The Balaban J connectivity index is 2.76. The highest BCUT2D eigenvalue weighted by Crippen LogP contribution is 2.27. The quantitative estimate of drug-likeness (QED) is 0.859. The molecular formula is C12H14F2O2. The molecule has 0 saturated heterocycles. The minimum absolute atomic E-state index is 0.0563. The first-order valence-corrected chi connectivity index (χ1v) is 5.00. The van der Waals surface area contributed by atoms with Crippen LogP contribution < -0.4 is 0 Å². The molecule has 1 aromatic carbocycles. The van der Waals surface area contributed by atoms with Crippen LogP contribution in [0.15, 0.2) is 24.3 Å². The second-order valence-corrected chi connectivity index (χ2v) is 4.03. The van der Waals surface area contributed by atoms with Crippen LogP contribution in [0.25, 0.3) is 0 Å². The van der Waals surface area contributed by atoms with E-state index in [9.17, 15) is 13.6 Å². The number of carboxylic acids is 1. The summed E-state index contributed by atoms with van der Waals surface area (Å²) < 4.78 is 25.8. The molecule has 2 nitrogen and oxygen atoms in total. The second kappa shape index (κ2) is 4.60. The molecule has 0 bridgehead atoms. The maximum Gasteiger partial charge on any atom is 0.306 e. The van der Waals surface area contributed by atoms with Gasteiger partial charge in [-0.25, -0.2) is 8.78 Å². The lowest BCUT2D eigenvalue weighted by Crippen LogP contribution is -2.12. The molecule has 16 heavy (non-hydrogen) atoms. The molecule has 0 amide bonds. The van der Waals surface area contributed by atoms with Gasteiger partial charge in [-0.3, -0.25) is 4.79 Å². The first-order valence-electron chi connectivity index (χ1n) is 5.00. The van der Waals surface area contributed by atoms with Crippen molar-refractivity contribution >= 4 is 5.97 Å². The van der Waals surface area contributed by atoms with E-state index in [0.29, 0.717) is 6.42 Å². The third kappa shape index (κ3) is 3.29. The topological polar surface area (TPSA) is 37.3 Å². The SMILES string of the molecule is C[C@@H](Cc1ccc(C(C)(F)F)cc1)C(=O)O. The van der Waals surface area contributed by atoms with Crippen LogP contribution in [-0.4, -0.2) is 11.1 Å². The van der Waals surface area contributed by atoms with E-state index in [4.69, 9.17) is 5.11 Å². The van der Waals surface area contributed by atoms with Gasteiger partial charge >= 0.3 is 5.97 Å². The predicted molar refractivity (Wildman–Crippen MR) is 56.5 cm³/mol. The standard InChI is InChI=1S/C12H14F2O2/c1-8(11(15)16)7-9-3-5-10(6-4-9)12(2,13)14/h3-6,8H,7H2,1-2H3,(H,15,16)/t8-/m0/s1. The Labute approximate surface area is 92.9 Å². The summed E-state index contributed by atoms with van der Waals surface area (Å²) in [5.41, 5.74) is 0.696. The van der Waals surface area contributed by atoms with Crippen molar-refractivity contribution in [2.75, 3.05) is 0 Å². The first-order chi connectivity index (χ1) is 7.30. The highest BCUT2D eigenvalue weighted by Gasteiger charge is 2.23. The van der Waals surface area contributed by atoms with Crippen molar-refractivity contribution in [2.24, 2.45) is 5.92 Å². The largest absolute Gasteiger partial charge is 0.481 e. The van der Waals surface area contributed by atoms with Gasteiger partial charge in [0.15, 0.2) is 0 Å². The van der Waals surface area contributed by atoms with Crippen LogP contribution >= 0.6 is 0 Å². The van der Waals surface area contributed by atoms with Crippen molar-refractivity contribution in [2.45, 2.75) is 26.2 Å². The third-order valence-corrected chi connectivity index (χ3v) is 2.42. The van der Waals surface area contributed by atoms with Gasteiger partial charge in [-0.15, -0.1) is 0 Å². The summed E-state index contributed by atoms with van der Waals surface area (Å²) in [7, 11) is 0. The molecule has 4 heteroatoms. The van der Waals surface area contributed by atoms with Gasteiger partial charge in [-0.05, 0) is 12.0 Å². The molecule has 1 aromatic rings. The summed E-state index contributed by atoms with van der Waals surface area (Å²) >= 11 is 0. The summed E-state index contributed by atoms with van der Waals surface area (Å²) in [5.74, 6) is -4.24. The number of benzene rings is 1. The van der Waals surface area contributed by atoms with Gasteiger partial charge in [0.25, 0.3) is 5.92 Å². The maximum absolute atomic E-state index is 12.9. The lowest BCUT2D eigenvalue weighted by atomic mass is 9.99. The zero-order chi connectivity index (χ0) is 12.3. The highest BCUT2D eigenvalue weighted by atomic mass is 19.3. The lowest BCUT2D eigenvalue weighted by Gasteiger charge is -2.11. The summed E-state index contributed by atoms with van der Waals surface area (Å²) in [6.45, 7) is 2.42. The summed E-state index contributed by atoms with van der Waals surface area (Å²) in [4.78, 5) is 10.6. The maximum atomic E-state index is 12.9. The van der Waals surface area contributed by atoms with E-state index in [1.807, 2.05) is 0 Å². The number of rotatable bonds is 4. The number of alkyl halides is 2. The average molecular weight is 228 g/mol. The zero-order valence-corrected chi connectivity index (χ0v) is 9.21. The smallest absolute Gasteiger partial charge is 0.306 e. The molecule has 0 aliphatic heterocycles. The predicted octanol–water partition coefficient (Wildman–Crippen LogP) is 3.06. The Morgan fingerprint density at radius 2 is 1.88 bits per heavy atom. The number of halogens is 2. The molecule has 0 saturated carbocycles. The van der Waals surface area contributed by atoms with Crippen LogP contribution in [0.1, 0.15) is 25.0 Å². The van der Waals surface area contributed by atoms with Crippen LogP contribution in [0, 0.1) is 5.92 Å². The zero-order valence-electron chi connectivity index (χ0n) is 9.21. The first kappa shape index (κ1) is 12.6. The average Bonchev–Trinajstić information content (AvgIpc) is 2.17. The Hall–Kier alpha value is -1.45. The Morgan fingerprint density at radius 3 is 2.25 bits per heavy atom. The molecule has 1 atom stereocenters. The highest BCUT2D eigenvalue weighted by molar-refractivity contribution is 5.69. The van der Waals surface area contributed by atoms with E-state index in [1.165, 1.54) is 12.1 Å². The summed E-state index contributed by atoms with van der Waals surface area (Å²) in [6.07, 6.45) is 0.352. The minimum atomic E-state index is -2.85. The number of carboxylic acid groups (broad SMARTS) is 1. The fourth-order valence-corrected chi connectivity index (χ4v) is 1.37. The number of carbonyl (C=O) groups is 1. The van der Waals surface area contributed by atoms with E-state index in [2.05, 4.69) is 0 Å². The Kier molecular flexibility index (Phi) is 3.62. The molecule has 88 valence electrons. The molecule has 1 rings (SSSR count). The van der Waals surface area contributed by atoms with Gasteiger partial charge in [0.05, 0.1) is 5.92 Å². The molecule has 0 heterocycles. The minimum Gasteiger partial charge on any atom is -0.481 e. The van der Waals surface area contributed by atoms with Gasteiger partial charge in [-0.2, -0.15) is 0 Å². The van der Waals surface area contributed by atoms with Gasteiger partial charge in [0.2, 0.25) is 0 Å².